The minimum atomic E-state index is -0.342. The highest BCUT2D eigenvalue weighted by molar-refractivity contribution is 5.95. The second-order valence-electron chi connectivity index (χ2n) is 6.63. The number of aromatic amines is 2. The number of H-pyrrole nitrogens is 2. The van der Waals surface area contributed by atoms with Gasteiger partial charge in [-0.2, -0.15) is 10.2 Å². The lowest BCUT2D eigenvalue weighted by atomic mass is 10.0. The standard InChI is InChI=1S/C17H26N6O2/c1-4-12(5-2)23-11(3)13(10-18-23)16(24)22-9-7-6-8-14(22)15-19-17(25)21-20-15/h10,12,14H,4-9H2,1-3H3,(H2,19,20,21,25). The molecule has 0 saturated carbocycles. The van der Waals surface area contributed by atoms with Gasteiger partial charge in [-0.1, -0.05) is 13.8 Å². The molecule has 0 aromatic carbocycles. The van der Waals surface area contributed by atoms with Gasteiger partial charge in [0.15, 0.2) is 5.82 Å². The lowest BCUT2D eigenvalue weighted by molar-refractivity contribution is 0.0599. The molecule has 3 rings (SSSR count). The fourth-order valence-electron chi connectivity index (χ4n) is 3.69. The number of hydrogen-bond acceptors (Lipinski definition) is 4. The third-order valence-corrected chi connectivity index (χ3v) is 5.16. The number of nitrogens with one attached hydrogen (secondary N) is 2. The van der Waals surface area contributed by atoms with Gasteiger partial charge in [0.25, 0.3) is 5.91 Å². The lowest BCUT2D eigenvalue weighted by Gasteiger charge is -2.34. The number of rotatable bonds is 5. The van der Waals surface area contributed by atoms with Gasteiger partial charge < -0.3 is 4.90 Å². The Kier molecular flexibility index (Phi) is 5.06. The van der Waals surface area contributed by atoms with E-state index in [9.17, 15) is 9.59 Å². The average molecular weight is 346 g/mol. The quantitative estimate of drug-likeness (QED) is 0.868. The van der Waals surface area contributed by atoms with Crippen LogP contribution in [0.5, 0.6) is 0 Å². The monoisotopic (exact) mass is 346 g/mol. The van der Waals surface area contributed by atoms with Crippen LogP contribution in [0.3, 0.4) is 0 Å². The van der Waals surface area contributed by atoms with Crippen LogP contribution in [0.2, 0.25) is 0 Å². The Hall–Kier alpha value is -2.38. The predicted molar refractivity (Wildman–Crippen MR) is 93.4 cm³/mol. The molecule has 0 spiro atoms. The molecule has 1 unspecified atom stereocenters. The number of nitrogens with zero attached hydrogens (tertiary/aromatic N) is 4. The first-order valence-corrected chi connectivity index (χ1v) is 9.06. The molecule has 136 valence electrons. The number of likely N-dealkylation sites (tertiary alicyclic amines) is 1. The van der Waals surface area contributed by atoms with Gasteiger partial charge in [-0.15, -0.1) is 0 Å². The average Bonchev–Trinajstić information content (AvgIpc) is 3.22. The molecule has 1 fully saturated rings. The second-order valence-corrected chi connectivity index (χ2v) is 6.63. The minimum absolute atomic E-state index is 0.0387. The molecule has 3 heterocycles. The summed E-state index contributed by atoms with van der Waals surface area (Å²) < 4.78 is 1.96. The Labute approximate surface area is 146 Å². The zero-order valence-corrected chi connectivity index (χ0v) is 15.1. The molecule has 8 nitrogen and oxygen atoms in total. The van der Waals surface area contributed by atoms with E-state index < -0.39 is 0 Å². The van der Waals surface area contributed by atoms with Crippen molar-refractivity contribution in [2.45, 2.75) is 65.0 Å². The summed E-state index contributed by atoms with van der Waals surface area (Å²) in [7, 11) is 0. The first-order valence-electron chi connectivity index (χ1n) is 9.06. The molecule has 2 aromatic heterocycles. The zero-order chi connectivity index (χ0) is 18.0. The van der Waals surface area contributed by atoms with E-state index in [0.29, 0.717) is 24.0 Å². The third kappa shape index (κ3) is 3.25. The van der Waals surface area contributed by atoms with Crippen molar-refractivity contribution in [2.75, 3.05) is 6.54 Å². The summed E-state index contributed by atoms with van der Waals surface area (Å²) in [4.78, 5) is 29.1. The van der Waals surface area contributed by atoms with Crippen molar-refractivity contribution in [3.05, 3.63) is 33.8 Å². The van der Waals surface area contributed by atoms with Gasteiger partial charge in [-0.3, -0.25) is 14.5 Å². The lowest BCUT2D eigenvalue weighted by Crippen LogP contribution is -2.39. The normalized spacial score (nSPS) is 18.1. The molecule has 0 aliphatic carbocycles. The summed E-state index contributed by atoms with van der Waals surface area (Å²) in [5.41, 5.74) is 1.20. The fraction of sp³-hybridized carbons (Fsp3) is 0.647. The van der Waals surface area contributed by atoms with Gasteiger partial charge in [-0.05, 0) is 39.0 Å². The molecule has 0 bridgehead atoms. The first-order chi connectivity index (χ1) is 12.1. The molecule has 1 atom stereocenters. The van der Waals surface area contributed by atoms with Crippen molar-refractivity contribution in [3.8, 4) is 0 Å². The van der Waals surface area contributed by atoms with E-state index >= 15 is 0 Å². The van der Waals surface area contributed by atoms with E-state index in [4.69, 9.17) is 0 Å². The van der Waals surface area contributed by atoms with Crippen molar-refractivity contribution in [3.63, 3.8) is 0 Å². The minimum Gasteiger partial charge on any atom is -0.328 e. The smallest absolute Gasteiger partial charge is 0.328 e. The SMILES string of the molecule is CCC(CC)n1ncc(C(=O)N2CCCCC2c2n[nH]c(=O)[nH]2)c1C. The van der Waals surface area contributed by atoms with Crippen LogP contribution in [-0.4, -0.2) is 42.3 Å². The maximum Gasteiger partial charge on any atom is 0.340 e. The van der Waals surface area contributed by atoms with E-state index in [1.54, 1.807) is 6.20 Å². The summed E-state index contributed by atoms with van der Waals surface area (Å²) in [6.45, 7) is 6.87. The topological polar surface area (TPSA) is 99.7 Å². The molecule has 2 aromatic rings. The van der Waals surface area contributed by atoms with E-state index in [1.807, 2.05) is 16.5 Å². The Balaban J connectivity index is 1.89. The predicted octanol–water partition coefficient (Wildman–Crippen LogP) is 2.33. The Morgan fingerprint density at radius 1 is 1.36 bits per heavy atom. The zero-order valence-electron chi connectivity index (χ0n) is 15.1. The number of aromatic nitrogens is 5. The van der Waals surface area contributed by atoms with Gasteiger partial charge in [0, 0.05) is 12.2 Å². The highest BCUT2D eigenvalue weighted by Crippen LogP contribution is 2.30. The van der Waals surface area contributed by atoms with E-state index in [0.717, 1.165) is 37.8 Å². The van der Waals surface area contributed by atoms with Crippen molar-refractivity contribution in [2.24, 2.45) is 0 Å². The highest BCUT2D eigenvalue weighted by Gasteiger charge is 2.32. The Bertz CT molecular complexity index is 785. The largest absolute Gasteiger partial charge is 0.340 e. The van der Waals surface area contributed by atoms with Crippen LogP contribution in [0, 0.1) is 6.92 Å². The van der Waals surface area contributed by atoms with Crippen LogP contribution in [0.25, 0.3) is 0 Å². The third-order valence-electron chi connectivity index (χ3n) is 5.16. The van der Waals surface area contributed by atoms with Crippen molar-refractivity contribution in [1.82, 2.24) is 29.9 Å². The van der Waals surface area contributed by atoms with Gasteiger partial charge >= 0.3 is 5.69 Å². The van der Waals surface area contributed by atoms with E-state index in [-0.39, 0.29) is 17.6 Å². The van der Waals surface area contributed by atoms with Crippen LogP contribution in [0.1, 0.15) is 79.9 Å². The molecule has 2 N–H and O–H groups in total. The Morgan fingerprint density at radius 2 is 2.12 bits per heavy atom. The van der Waals surface area contributed by atoms with Gasteiger partial charge in [0.2, 0.25) is 0 Å². The van der Waals surface area contributed by atoms with Crippen LogP contribution in [-0.2, 0) is 0 Å². The van der Waals surface area contributed by atoms with Gasteiger partial charge in [0.1, 0.15) is 0 Å². The molecule has 1 amide bonds. The van der Waals surface area contributed by atoms with E-state index in [1.165, 1.54) is 0 Å². The first kappa shape index (κ1) is 17.4. The van der Waals surface area contributed by atoms with Crippen LogP contribution in [0.4, 0.5) is 0 Å². The van der Waals surface area contributed by atoms with E-state index in [2.05, 4.69) is 34.1 Å². The summed E-state index contributed by atoms with van der Waals surface area (Å²) >= 11 is 0. The molecule has 1 aliphatic heterocycles. The summed E-state index contributed by atoms with van der Waals surface area (Å²) in [5, 5.41) is 10.9. The van der Waals surface area contributed by atoms with Crippen molar-refractivity contribution < 1.29 is 4.79 Å². The molecule has 8 heteroatoms. The number of piperidine rings is 1. The highest BCUT2D eigenvalue weighted by atomic mass is 16.2. The number of hydrogen-bond donors (Lipinski definition) is 2. The number of amides is 1. The second kappa shape index (κ2) is 7.25. The molecule has 0 radical (unpaired) electrons. The Morgan fingerprint density at radius 3 is 2.76 bits per heavy atom. The molecule has 1 aliphatic rings. The van der Waals surface area contributed by atoms with Crippen LogP contribution < -0.4 is 5.69 Å². The summed E-state index contributed by atoms with van der Waals surface area (Å²) in [6, 6.07) is 0.109. The van der Waals surface area contributed by atoms with Crippen molar-refractivity contribution >= 4 is 5.91 Å². The van der Waals surface area contributed by atoms with Crippen LogP contribution >= 0.6 is 0 Å². The number of carbonyl (C=O) groups excluding carboxylic acids is 1. The maximum absolute atomic E-state index is 13.2. The summed E-state index contributed by atoms with van der Waals surface area (Å²) in [5.74, 6) is 0.492. The molecular weight excluding hydrogens is 320 g/mol. The number of carbonyl (C=O) groups is 1. The van der Waals surface area contributed by atoms with Crippen LogP contribution in [0.15, 0.2) is 11.0 Å². The summed E-state index contributed by atoms with van der Waals surface area (Å²) in [6.07, 6.45) is 6.40. The maximum atomic E-state index is 13.2. The fourth-order valence-corrected chi connectivity index (χ4v) is 3.69. The molecule has 1 saturated heterocycles. The molecule has 25 heavy (non-hydrogen) atoms. The molecular formula is C17H26N6O2. The van der Waals surface area contributed by atoms with Gasteiger partial charge in [0.05, 0.1) is 23.8 Å². The van der Waals surface area contributed by atoms with Gasteiger partial charge in [-0.25, -0.2) is 9.89 Å². The van der Waals surface area contributed by atoms with Crippen molar-refractivity contribution in [1.29, 1.82) is 0 Å².